The summed E-state index contributed by atoms with van der Waals surface area (Å²) in [6.07, 6.45) is -3.68. The molecule has 0 bridgehead atoms. The lowest BCUT2D eigenvalue weighted by molar-refractivity contribution is -0.143. The van der Waals surface area contributed by atoms with Crippen molar-refractivity contribution in [3.05, 3.63) is 16.1 Å². The van der Waals surface area contributed by atoms with Gasteiger partial charge >= 0.3 is 12.1 Å². The second-order valence-corrected chi connectivity index (χ2v) is 5.90. The Kier molecular flexibility index (Phi) is 4.74. The van der Waals surface area contributed by atoms with Crippen molar-refractivity contribution in [1.82, 2.24) is 10.3 Å². The van der Waals surface area contributed by atoms with E-state index in [4.69, 9.17) is 0 Å². The van der Waals surface area contributed by atoms with E-state index in [-0.39, 0.29) is 10.9 Å². The number of hydrogen-bond acceptors (Lipinski definition) is 5. The van der Waals surface area contributed by atoms with Crippen LogP contribution in [-0.2, 0) is 20.5 Å². The first kappa shape index (κ1) is 16.7. The predicted molar refractivity (Wildman–Crippen MR) is 71.9 cm³/mol. The van der Waals surface area contributed by atoms with Crippen molar-refractivity contribution in [2.45, 2.75) is 32.0 Å². The van der Waals surface area contributed by atoms with Gasteiger partial charge in [0.25, 0.3) is 0 Å². The number of halogens is 3. The summed E-state index contributed by atoms with van der Waals surface area (Å²) in [6, 6.07) is -0.590. The van der Waals surface area contributed by atoms with Gasteiger partial charge in [-0.05, 0) is 12.8 Å². The standard InChI is InChI=1S/C13H15F3N2O3S/c1-3-8(11-18-9(5-22-11)13(14,15)16)17-10(19)6-4-7(6)12(20)21-2/h5-8H,3-4H2,1-2H3,(H,17,19)/t6-,7-,8-/m0/s1. The molecular formula is C13H15F3N2O3S. The number of thiazole rings is 1. The van der Waals surface area contributed by atoms with E-state index in [0.29, 0.717) is 12.8 Å². The monoisotopic (exact) mass is 336 g/mol. The number of amides is 1. The van der Waals surface area contributed by atoms with E-state index >= 15 is 0 Å². The van der Waals surface area contributed by atoms with Gasteiger partial charge in [-0.2, -0.15) is 13.2 Å². The van der Waals surface area contributed by atoms with Crippen LogP contribution >= 0.6 is 11.3 Å². The summed E-state index contributed by atoms with van der Waals surface area (Å²) in [5.74, 6) is -1.72. The van der Waals surface area contributed by atoms with E-state index in [1.54, 1.807) is 6.92 Å². The zero-order valence-electron chi connectivity index (χ0n) is 11.9. The van der Waals surface area contributed by atoms with Gasteiger partial charge in [-0.1, -0.05) is 6.92 Å². The maximum atomic E-state index is 12.6. The van der Waals surface area contributed by atoms with E-state index in [2.05, 4.69) is 15.0 Å². The van der Waals surface area contributed by atoms with Crippen LogP contribution < -0.4 is 5.32 Å². The van der Waals surface area contributed by atoms with Gasteiger partial charge in [0.2, 0.25) is 5.91 Å². The molecule has 0 spiro atoms. The van der Waals surface area contributed by atoms with Gasteiger partial charge in [0.05, 0.1) is 25.0 Å². The number of rotatable bonds is 5. The third kappa shape index (κ3) is 3.57. The van der Waals surface area contributed by atoms with Crippen molar-refractivity contribution in [3.63, 3.8) is 0 Å². The molecule has 1 heterocycles. The van der Waals surface area contributed by atoms with Gasteiger partial charge in [-0.3, -0.25) is 9.59 Å². The highest BCUT2D eigenvalue weighted by Crippen LogP contribution is 2.40. The Morgan fingerprint density at radius 1 is 1.50 bits per heavy atom. The van der Waals surface area contributed by atoms with E-state index in [1.807, 2.05) is 0 Å². The summed E-state index contributed by atoms with van der Waals surface area (Å²) in [4.78, 5) is 26.9. The molecule has 1 amide bonds. The summed E-state index contributed by atoms with van der Waals surface area (Å²) in [6.45, 7) is 1.74. The summed E-state index contributed by atoms with van der Waals surface area (Å²) in [5.41, 5.74) is -0.959. The lowest BCUT2D eigenvalue weighted by Crippen LogP contribution is -2.30. The minimum Gasteiger partial charge on any atom is -0.469 e. The van der Waals surface area contributed by atoms with Gasteiger partial charge in [0.15, 0.2) is 5.69 Å². The average molecular weight is 336 g/mol. The molecule has 0 aliphatic heterocycles. The molecule has 1 aromatic rings. The van der Waals surface area contributed by atoms with Crippen molar-refractivity contribution in [1.29, 1.82) is 0 Å². The normalized spacial score (nSPS) is 22.0. The Morgan fingerprint density at radius 3 is 2.68 bits per heavy atom. The minimum atomic E-state index is -4.50. The Labute approximate surface area is 128 Å². The summed E-state index contributed by atoms with van der Waals surface area (Å²) in [7, 11) is 1.25. The molecule has 5 nitrogen and oxygen atoms in total. The molecule has 0 aromatic carbocycles. The third-order valence-electron chi connectivity index (χ3n) is 3.47. The van der Waals surface area contributed by atoms with Crippen LogP contribution in [0.2, 0.25) is 0 Å². The fraction of sp³-hybridized carbons (Fsp3) is 0.615. The third-order valence-corrected chi connectivity index (χ3v) is 4.42. The van der Waals surface area contributed by atoms with Crippen LogP contribution in [-0.4, -0.2) is 24.0 Å². The van der Waals surface area contributed by atoms with E-state index in [0.717, 1.165) is 16.7 Å². The van der Waals surface area contributed by atoms with E-state index in [9.17, 15) is 22.8 Å². The molecule has 1 saturated carbocycles. The lowest BCUT2D eigenvalue weighted by Gasteiger charge is -2.14. The molecule has 22 heavy (non-hydrogen) atoms. The zero-order chi connectivity index (χ0) is 16.5. The average Bonchev–Trinajstić information content (AvgIpc) is 3.10. The summed E-state index contributed by atoms with van der Waals surface area (Å²) in [5, 5.41) is 3.79. The van der Waals surface area contributed by atoms with Gasteiger partial charge in [0.1, 0.15) is 5.01 Å². The van der Waals surface area contributed by atoms with Gasteiger partial charge < -0.3 is 10.1 Å². The molecule has 0 unspecified atom stereocenters. The Morgan fingerprint density at radius 2 is 2.18 bits per heavy atom. The Hall–Kier alpha value is -1.64. The number of esters is 1. The van der Waals surface area contributed by atoms with Crippen LogP contribution in [0.15, 0.2) is 5.38 Å². The molecule has 1 aliphatic rings. The Balaban J connectivity index is 2.00. The topological polar surface area (TPSA) is 68.3 Å². The van der Waals surface area contributed by atoms with Crippen molar-refractivity contribution >= 4 is 23.2 Å². The molecule has 9 heteroatoms. The molecule has 1 fully saturated rings. The second kappa shape index (κ2) is 6.23. The largest absolute Gasteiger partial charge is 0.469 e. The van der Waals surface area contributed by atoms with Gasteiger partial charge in [-0.25, -0.2) is 4.98 Å². The number of carbonyl (C=O) groups is 2. The van der Waals surface area contributed by atoms with Crippen LogP contribution in [0, 0.1) is 11.8 Å². The van der Waals surface area contributed by atoms with E-state index < -0.39 is 35.7 Å². The van der Waals surface area contributed by atoms with Crippen molar-refractivity contribution < 1.29 is 27.5 Å². The highest BCUT2D eigenvalue weighted by molar-refractivity contribution is 7.09. The van der Waals surface area contributed by atoms with Crippen molar-refractivity contribution in [3.8, 4) is 0 Å². The summed E-state index contributed by atoms with van der Waals surface area (Å²) < 4.78 is 42.2. The van der Waals surface area contributed by atoms with Gasteiger partial charge in [-0.15, -0.1) is 11.3 Å². The van der Waals surface area contributed by atoms with Crippen LogP contribution in [0.5, 0.6) is 0 Å². The fourth-order valence-electron chi connectivity index (χ4n) is 2.09. The van der Waals surface area contributed by atoms with Crippen LogP contribution in [0.1, 0.15) is 36.5 Å². The molecule has 1 aromatic heterocycles. The maximum absolute atomic E-state index is 12.6. The number of alkyl halides is 3. The van der Waals surface area contributed by atoms with Crippen molar-refractivity contribution in [2.75, 3.05) is 7.11 Å². The molecule has 1 aliphatic carbocycles. The highest BCUT2D eigenvalue weighted by atomic mass is 32.1. The second-order valence-electron chi connectivity index (χ2n) is 5.01. The number of aromatic nitrogens is 1. The number of methoxy groups -OCH3 is 1. The molecule has 1 N–H and O–H groups in total. The first-order chi connectivity index (χ1) is 10.3. The quantitative estimate of drug-likeness (QED) is 0.839. The maximum Gasteiger partial charge on any atom is 0.434 e. The number of ether oxygens (including phenoxy) is 1. The molecule has 0 saturated heterocycles. The first-order valence-electron chi connectivity index (χ1n) is 6.68. The Bertz CT molecular complexity index is 573. The zero-order valence-corrected chi connectivity index (χ0v) is 12.8. The molecule has 122 valence electrons. The summed E-state index contributed by atoms with van der Waals surface area (Å²) >= 11 is 0.857. The fourth-order valence-corrected chi connectivity index (χ4v) is 3.05. The lowest BCUT2D eigenvalue weighted by atomic mass is 10.2. The first-order valence-corrected chi connectivity index (χ1v) is 7.56. The predicted octanol–water partition coefficient (Wildman–Crippen LogP) is 2.54. The molecule has 2 rings (SSSR count). The van der Waals surface area contributed by atoms with E-state index in [1.165, 1.54) is 7.11 Å². The highest BCUT2D eigenvalue weighted by Gasteiger charge is 2.49. The number of nitrogens with zero attached hydrogens (tertiary/aromatic N) is 1. The molecule has 0 radical (unpaired) electrons. The molecular weight excluding hydrogens is 321 g/mol. The SMILES string of the molecule is CC[C@H](NC(=O)[C@H]1C[C@@H]1C(=O)OC)c1nc(C(F)(F)F)cs1. The van der Waals surface area contributed by atoms with Crippen LogP contribution in [0.3, 0.4) is 0 Å². The van der Waals surface area contributed by atoms with Gasteiger partial charge in [0, 0.05) is 5.38 Å². The van der Waals surface area contributed by atoms with Crippen LogP contribution in [0.25, 0.3) is 0 Å². The molecule has 3 atom stereocenters. The van der Waals surface area contributed by atoms with Crippen molar-refractivity contribution in [2.24, 2.45) is 11.8 Å². The number of hydrogen-bond donors (Lipinski definition) is 1. The number of nitrogens with one attached hydrogen (secondary N) is 1. The van der Waals surface area contributed by atoms with Crippen LogP contribution in [0.4, 0.5) is 13.2 Å². The number of carbonyl (C=O) groups excluding carboxylic acids is 2. The smallest absolute Gasteiger partial charge is 0.434 e. The minimum absolute atomic E-state index is 0.207.